The van der Waals surface area contributed by atoms with Crippen molar-refractivity contribution in [2.24, 2.45) is 0 Å². The number of benzene rings is 2. The Labute approximate surface area is 174 Å². The second-order valence-corrected chi connectivity index (χ2v) is 7.25. The minimum atomic E-state index is -0.399. The first kappa shape index (κ1) is 18.9. The van der Waals surface area contributed by atoms with Crippen molar-refractivity contribution < 1.29 is 14.0 Å². The van der Waals surface area contributed by atoms with Gasteiger partial charge in [0.05, 0.1) is 17.1 Å². The van der Waals surface area contributed by atoms with Crippen molar-refractivity contribution in [3.63, 3.8) is 0 Å². The van der Waals surface area contributed by atoms with Crippen molar-refractivity contribution in [1.29, 1.82) is 0 Å². The molecule has 0 saturated heterocycles. The first-order valence-corrected chi connectivity index (χ1v) is 9.71. The molecule has 4 rings (SSSR count). The summed E-state index contributed by atoms with van der Waals surface area (Å²) in [4.78, 5) is 32.6. The lowest BCUT2D eigenvalue weighted by atomic mass is 10.1. The highest BCUT2D eigenvalue weighted by atomic mass is 79.9. The number of anilines is 1. The highest BCUT2D eigenvalue weighted by Crippen LogP contribution is 2.19. The number of nitrogens with one attached hydrogen (secondary N) is 3. The van der Waals surface area contributed by atoms with E-state index in [-0.39, 0.29) is 17.7 Å². The third-order valence-corrected chi connectivity index (χ3v) is 4.77. The molecule has 2 heterocycles. The summed E-state index contributed by atoms with van der Waals surface area (Å²) in [6.45, 7) is 1.86. The average Bonchev–Trinajstić information content (AvgIpc) is 3.34. The van der Waals surface area contributed by atoms with Crippen LogP contribution < -0.4 is 10.6 Å². The number of hydrogen-bond donors (Lipinski definition) is 3. The first-order valence-electron chi connectivity index (χ1n) is 8.92. The Hall–Kier alpha value is -3.39. The van der Waals surface area contributed by atoms with Crippen molar-refractivity contribution in [2.45, 2.75) is 13.0 Å². The lowest BCUT2D eigenvalue weighted by Crippen LogP contribution is -2.27. The number of halogens is 1. The molecule has 0 aliphatic rings. The van der Waals surface area contributed by atoms with Gasteiger partial charge in [0.25, 0.3) is 11.8 Å². The molecule has 146 valence electrons. The van der Waals surface area contributed by atoms with E-state index in [0.29, 0.717) is 21.7 Å². The van der Waals surface area contributed by atoms with Crippen molar-refractivity contribution in [3.05, 3.63) is 82.5 Å². The van der Waals surface area contributed by atoms with Crippen LogP contribution in [0.25, 0.3) is 11.0 Å². The maximum atomic E-state index is 12.7. The van der Waals surface area contributed by atoms with Gasteiger partial charge in [-0.15, -0.1) is 0 Å². The van der Waals surface area contributed by atoms with E-state index in [4.69, 9.17) is 4.42 Å². The van der Waals surface area contributed by atoms with E-state index >= 15 is 0 Å². The van der Waals surface area contributed by atoms with Crippen LogP contribution in [0.15, 0.2) is 69.8 Å². The third kappa shape index (κ3) is 4.22. The summed E-state index contributed by atoms with van der Waals surface area (Å²) in [5.41, 5.74) is 2.67. The van der Waals surface area contributed by atoms with Crippen LogP contribution in [0.3, 0.4) is 0 Å². The van der Waals surface area contributed by atoms with Crippen LogP contribution in [-0.2, 0) is 0 Å². The molecule has 1 atom stereocenters. The predicted octanol–water partition coefficient (Wildman–Crippen LogP) is 4.66. The number of nitrogens with zero attached hydrogens (tertiary/aromatic N) is 1. The maximum Gasteiger partial charge on any atom is 0.291 e. The second kappa shape index (κ2) is 7.92. The zero-order valence-electron chi connectivity index (χ0n) is 15.4. The third-order valence-electron chi connectivity index (χ3n) is 4.35. The molecule has 0 fully saturated rings. The fourth-order valence-corrected chi connectivity index (χ4v) is 3.20. The Morgan fingerprint density at radius 1 is 1.07 bits per heavy atom. The van der Waals surface area contributed by atoms with E-state index in [2.05, 4.69) is 36.5 Å². The number of aromatic nitrogens is 2. The largest absolute Gasteiger partial charge is 0.444 e. The number of rotatable bonds is 5. The SMILES string of the molecule is CC(NC(=O)c1cccc(NC(=O)c2ccc(Br)o2)c1)c1nc2ccccc2[nH]1. The van der Waals surface area contributed by atoms with Crippen LogP contribution >= 0.6 is 15.9 Å². The number of para-hydroxylation sites is 2. The summed E-state index contributed by atoms with van der Waals surface area (Å²) < 4.78 is 5.70. The van der Waals surface area contributed by atoms with Gasteiger partial charge in [-0.3, -0.25) is 9.59 Å². The molecular formula is C21H17BrN4O3. The molecule has 8 heteroatoms. The number of hydrogen-bond acceptors (Lipinski definition) is 4. The van der Waals surface area contributed by atoms with Gasteiger partial charge >= 0.3 is 0 Å². The Morgan fingerprint density at radius 2 is 1.90 bits per heavy atom. The fraction of sp³-hybridized carbons (Fsp3) is 0.0952. The number of H-pyrrole nitrogens is 1. The molecule has 0 aliphatic heterocycles. The Kier molecular flexibility index (Phi) is 5.18. The topological polar surface area (TPSA) is 100 Å². The van der Waals surface area contributed by atoms with E-state index in [1.807, 2.05) is 31.2 Å². The van der Waals surface area contributed by atoms with E-state index in [1.165, 1.54) is 0 Å². The minimum Gasteiger partial charge on any atom is -0.444 e. The molecule has 0 aliphatic carbocycles. The van der Waals surface area contributed by atoms with Crippen LogP contribution in [0.4, 0.5) is 5.69 Å². The van der Waals surface area contributed by atoms with E-state index in [9.17, 15) is 9.59 Å². The van der Waals surface area contributed by atoms with E-state index < -0.39 is 5.91 Å². The normalized spacial score (nSPS) is 11.9. The summed E-state index contributed by atoms with van der Waals surface area (Å²) in [7, 11) is 0. The Morgan fingerprint density at radius 3 is 2.66 bits per heavy atom. The quantitative estimate of drug-likeness (QED) is 0.409. The van der Waals surface area contributed by atoms with Crippen molar-refractivity contribution in [1.82, 2.24) is 15.3 Å². The number of carbonyl (C=O) groups excluding carboxylic acids is 2. The molecule has 3 N–H and O–H groups in total. The van der Waals surface area contributed by atoms with Gasteiger partial charge in [0.1, 0.15) is 5.82 Å². The van der Waals surface area contributed by atoms with Gasteiger partial charge < -0.3 is 20.0 Å². The molecule has 0 spiro atoms. The van der Waals surface area contributed by atoms with Crippen molar-refractivity contribution in [2.75, 3.05) is 5.32 Å². The summed E-state index contributed by atoms with van der Waals surface area (Å²) in [6.07, 6.45) is 0. The molecule has 0 bridgehead atoms. The Bertz CT molecular complexity index is 1160. The molecule has 2 amide bonds. The molecule has 2 aromatic heterocycles. The average molecular weight is 453 g/mol. The van der Waals surface area contributed by atoms with Gasteiger partial charge in [-0.05, 0) is 65.3 Å². The number of fused-ring (bicyclic) bond motifs is 1. The summed E-state index contributed by atoms with van der Waals surface area (Å²) >= 11 is 3.16. The number of carbonyl (C=O) groups is 2. The van der Waals surface area contributed by atoms with Gasteiger partial charge in [-0.2, -0.15) is 0 Å². The molecule has 0 radical (unpaired) electrons. The molecule has 1 unspecified atom stereocenters. The number of furan rings is 1. The molecule has 4 aromatic rings. The van der Waals surface area contributed by atoms with Gasteiger partial charge in [0, 0.05) is 11.3 Å². The monoisotopic (exact) mass is 452 g/mol. The second-order valence-electron chi connectivity index (χ2n) is 6.47. The highest BCUT2D eigenvalue weighted by molar-refractivity contribution is 9.10. The predicted molar refractivity (Wildman–Crippen MR) is 113 cm³/mol. The van der Waals surface area contributed by atoms with Crippen LogP contribution in [-0.4, -0.2) is 21.8 Å². The molecule has 29 heavy (non-hydrogen) atoms. The number of amides is 2. The summed E-state index contributed by atoms with van der Waals surface area (Å²) in [5, 5.41) is 5.64. The minimum absolute atomic E-state index is 0.172. The summed E-state index contributed by atoms with van der Waals surface area (Å²) in [5.74, 6) is 0.177. The zero-order chi connectivity index (χ0) is 20.4. The van der Waals surface area contributed by atoms with Crippen molar-refractivity contribution in [3.8, 4) is 0 Å². The van der Waals surface area contributed by atoms with E-state index in [0.717, 1.165) is 11.0 Å². The van der Waals surface area contributed by atoms with Gasteiger partial charge in [-0.25, -0.2) is 4.98 Å². The van der Waals surface area contributed by atoms with E-state index in [1.54, 1.807) is 36.4 Å². The molecule has 7 nitrogen and oxygen atoms in total. The summed E-state index contributed by atoms with van der Waals surface area (Å²) in [6, 6.07) is 17.3. The zero-order valence-corrected chi connectivity index (χ0v) is 17.0. The van der Waals surface area contributed by atoms with Crippen LogP contribution in [0.5, 0.6) is 0 Å². The number of imidazole rings is 1. The number of aromatic amines is 1. The van der Waals surface area contributed by atoms with Crippen LogP contribution in [0, 0.1) is 0 Å². The smallest absolute Gasteiger partial charge is 0.291 e. The standard InChI is InChI=1S/C21H17BrN4O3/c1-12(19-25-15-7-2-3-8-16(15)26-19)23-20(27)13-5-4-6-14(11-13)24-21(28)17-9-10-18(22)29-17/h2-12H,1H3,(H,23,27)(H,24,28)(H,25,26). The fourth-order valence-electron chi connectivity index (χ4n) is 2.89. The first-order chi connectivity index (χ1) is 14.0. The molecule has 0 saturated carbocycles. The molecular weight excluding hydrogens is 436 g/mol. The highest BCUT2D eigenvalue weighted by Gasteiger charge is 2.16. The Balaban J connectivity index is 1.45. The lowest BCUT2D eigenvalue weighted by Gasteiger charge is -2.12. The van der Waals surface area contributed by atoms with Gasteiger partial charge in [0.15, 0.2) is 10.4 Å². The van der Waals surface area contributed by atoms with Crippen LogP contribution in [0.1, 0.15) is 39.7 Å². The molecule has 2 aromatic carbocycles. The maximum absolute atomic E-state index is 12.7. The lowest BCUT2D eigenvalue weighted by molar-refractivity contribution is 0.0936. The van der Waals surface area contributed by atoms with Gasteiger partial charge in [-0.1, -0.05) is 18.2 Å². The van der Waals surface area contributed by atoms with Crippen molar-refractivity contribution >= 4 is 44.5 Å². The van der Waals surface area contributed by atoms with Gasteiger partial charge in [0.2, 0.25) is 0 Å². The van der Waals surface area contributed by atoms with Crippen LogP contribution in [0.2, 0.25) is 0 Å².